The smallest absolute Gasteiger partial charge is 0.152 e. The van der Waals surface area contributed by atoms with Gasteiger partial charge in [-0.1, -0.05) is 111 Å². The standard InChI is InChI=1S/C43H32N2O/c1-43(2)36-19-11-12-20-38(36)45-41-35-18-10-9-13-30(35)23-26-39(41)46-40-28-31(27-37(43)42(40)45)29-21-24-34(25-22-29)44(32-14-5-3-6-15-32)33-16-7-4-8-17-33/h3-28H,1-2H3. The minimum absolute atomic E-state index is 0.226. The molecule has 7 aromatic rings. The molecule has 0 fully saturated rings. The lowest BCUT2D eigenvalue weighted by molar-refractivity contribution is 0.472. The monoisotopic (exact) mass is 592 g/mol. The molecular weight excluding hydrogens is 560 g/mol. The summed E-state index contributed by atoms with van der Waals surface area (Å²) in [5.41, 5.74) is 11.4. The third kappa shape index (κ3) is 3.98. The summed E-state index contributed by atoms with van der Waals surface area (Å²) < 4.78 is 6.83. The van der Waals surface area contributed by atoms with E-state index >= 15 is 0 Å². The lowest BCUT2D eigenvalue weighted by atomic mass is 9.72. The molecule has 9 rings (SSSR count). The summed E-state index contributed by atoms with van der Waals surface area (Å²) in [7, 11) is 0. The maximum Gasteiger partial charge on any atom is 0.152 e. The van der Waals surface area contributed by atoms with Crippen molar-refractivity contribution in [1.82, 2.24) is 0 Å². The lowest BCUT2D eigenvalue weighted by Crippen LogP contribution is -2.32. The molecule has 0 aromatic heterocycles. The van der Waals surface area contributed by atoms with Crippen molar-refractivity contribution in [2.45, 2.75) is 19.3 Å². The van der Waals surface area contributed by atoms with E-state index in [1.807, 2.05) is 0 Å². The van der Waals surface area contributed by atoms with Crippen molar-refractivity contribution in [2.24, 2.45) is 0 Å². The molecule has 0 atom stereocenters. The SMILES string of the molecule is CC1(C)c2ccccc2N2c3c(cc(-c4ccc(N(c5ccccc5)c5ccccc5)cc4)cc31)Oc1ccc3ccccc3c12. The topological polar surface area (TPSA) is 15.7 Å². The molecule has 2 aliphatic heterocycles. The van der Waals surface area contributed by atoms with E-state index in [4.69, 9.17) is 4.74 Å². The largest absolute Gasteiger partial charge is 0.453 e. The van der Waals surface area contributed by atoms with Crippen LogP contribution in [0.3, 0.4) is 0 Å². The average molecular weight is 593 g/mol. The van der Waals surface area contributed by atoms with E-state index in [0.29, 0.717) is 0 Å². The van der Waals surface area contributed by atoms with Gasteiger partial charge in [0.15, 0.2) is 11.5 Å². The van der Waals surface area contributed by atoms with Gasteiger partial charge in [-0.3, -0.25) is 0 Å². The van der Waals surface area contributed by atoms with Gasteiger partial charge in [-0.25, -0.2) is 0 Å². The van der Waals surface area contributed by atoms with E-state index in [1.54, 1.807) is 0 Å². The molecule has 0 saturated carbocycles. The zero-order chi connectivity index (χ0) is 30.8. The third-order valence-corrected chi connectivity index (χ3v) is 9.58. The summed E-state index contributed by atoms with van der Waals surface area (Å²) >= 11 is 0. The first-order chi connectivity index (χ1) is 22.6. The van der Waals surface area contributed by atoms with Crippen molar-refractivity contribution in [2.75, 3.05) is 9.80 Å². The van der Waals surface area contributed by atoms with Crippen LogP contribution in [0, 0.1) is 0 Å². The number of hydrogen-bond donors (Lipinski definition) is 0. The van der Waals surface area contributed by atoms with Crippen LogP contribution >= 0.6 is 0 Å². The van der Waals surface area contributed by atoms with Crippen LogP contribution in [0.4, 0.5) is 34.1 Å². The second-order valence-electron chi connectivity index (χ2n) is 12.6. The Hall–Kier alpha value is -5.80. The maximum absolute atomic E-state index is 6.83. The van der Waals surface area contributed by atoms with Gasteiger partial charge < -0.3 is 14.5 Å². The summed E-state index contributed by atoms with van der Waals surface area (Å²) in [6.45, 7) is 4.67. The predicted molar refractivity (Wildman–Crippen MR) is 191 cm³/mol. The molecule has 0 unspecified atom stereocenters. The van der Waals surface area contributed by atoms with E-state index < -0.39 is 0 Å². The fraction of sp³-hybridized carbons (Fsp3) is 0.0698. The van der Waals surface area contributed by atoms with Gasteiger partial charge in [-0.15, -0.1) is 0 Å². The Morgan fingerprint density at radius 3 is 1.87 bits per heavy atom. The minimum Gasteiger partial charge on any atom is -0.453 e. The summed E-state index contributed by atoms with van der Waals surface area (Å²) in [5.74, 6) is 1.76. The molecule has 7 aromatic carbocycles. The first kappa shape index (κ1) is 26.6. The molecule has 0 spiro atoms. The van der Waals surface area contributed by atoms with Crippen molar-refractivity contribution in [3.05, 3.63) is 169 Å². The van der Waals surface area contributed by atoms with Crippen molar-refractivity contribution in [1.29, 1.82) is 0 Å². The normalized spacial score (nSPS) is 13.7. The van der Waals surface area contributed by atoms with Gasteiger partial charge >= 0.3 is 0 Å². The molecule has 0 saturated heterocycles. The number of para-hydroxylation sites is 3. The fourth-order valence-electron chi connectivity index (χ4n) is 7.33. The number of benzene rings is 7. The molecule has 0 aliphatic carbocycles. The van der Waals surface area contributed by atoms with E-state index in [0.717, 1.165) is 51.1 Å². The Morgan fingerprint density at radius 2 is 1.13 bits per heavy atom. The van der Waals surface area contributed by atoms with Crippen LogP contribution in [-0.4, -0.2) is 0 Å². The number of ether oxygens (including phenoxy) is 1. The van der Waals surface area contributed by atoms with Gasteiger partial charge in [0.1, 0.15) is 0 Å². The summed E-state index contributed by atoms with van der Waals surface area (Å²) in [5, 5.41) is 2.39. The van der Waals surface area contributed by atoms with Crippen LogP contribution in [0.2, 0.25) is 0 Å². The number of fused-ring (bicyclic) bond motifs is 6. The molecule has 220 valence electrons. The predicted octanol–water partition coefficient (Wildman–Crippen LogP) is 12.2. The Labute approximate surface area is 269 Å². The van der Waals surface area contributed by atoms with Gasteiger partial charge in [-0.2, -0.15) is 0 Å². The Kier molecular flexibility index (Phi) is 5.85. The third-order valence-electron chi connectivity index (χ3n) is 9.58. The van der Waals surface area contributed by atoms with E-state index in [1.165, 1.54) is 27.6 Å². The summed E-state index contributed by atoms with van der Waals surface area (Å²) in [6, 6.07) is 56.3. The van der Waals surface area contributed by atoms with E-state index in [2.05, 4.69) is 181 Å². The van der Waals surface area contributed by atoms with Crippen LogP contribution in [0.5, 0.6) is 11.5 Å². The van der Waals surface area contributed by atoms with Gasteiger partial charge in [0.2, 0.25) is 0 Å². The second-order valence-corrected chi connectivity index (χ2v) is 12.6. The lowest BCUT2D eigenvalue weighted by Gasteiger charge is -2.45. The molecule has 0 amide bonds. The van der Waals surface area contributed by atoms with Crippen LogP contribution in [0.25, 0.3) is 21.9 Å². The second kappa shape index (κ2) is 10.1. The molecule has 0 radical (unpaired) electrons. The fourth-order valence-corrected chi connectivity index (χ4v) is 7.33. The van der Waals surface area contributed by atoms with Crippen molar-refractivity contribution in [3.63, 3.8) is 0 Å². The van der Waals surface area contributed by atoms with Crippen molar-refractivity contribution < 1.29 is 4.74 Å². The zero-order valence-electron chi connectivity index (χ0n) is 25.8. The average Bonchev–Trinajstić information content (AvgIpc) is 3.11. The molecule has 3 heteroatoms. The number of nitrogens with zero attached hydrogens (tertiary/aromatic N) is 2. The molecule has 46 heavy (non-hydrogen) atoms. The Bertz CT molecular complexity index is 2220. The quantitative estimate of drug-likeness (QED) is 0.202. The molecule has 2 heterocycles. The molecule has 2 aliphatic rings. The summed E-state index contributed by atoms with van der Waals surface area (Å²) in [6.07, 6.45) is 0. The van der Waals surface area contributed by atoms with Gasteiger partial charge in [-0.05, 0) is 88.3 Å². The van der Waals surface area contributed by atoms with Crippen LogP contribution in [0.15, 0.2) is 158 Å². The zero-order valence-corrected chi connectivity index (χ0v) is 25.8. The maximum atomic E-state index is 6.83. The number of anilines is 6. The van der Waals surface area contributed by atoms with E-state index in [9.17, 15) is 0 Å². The number of hydrogen-bond acceptors (Lipinski definition) is 3. The summed E-state index contributed by atoms with van der Waals surface area (Å²) in [4.78, 5) is 4.74. The highest BCUT2D eigenvalue weighted by Gasteiger charge is 2.42. The van der Waals surface area contributed by atoms with Crippen LogP contribution in [0.1, 0.15) is 25.0 Å². The highest BCUT2D eigenvalue weighted by Crippen LogP contribution is 2.61. The van der Waals surface area contributed by atoms with Gasteiger partial charge in [0, 0.05) is 27.9 Å². The van der Waals surface area contributed by atoms with Crippen LogP contribution in [-0.2, 0) is 5.41 Å². The molecule has 3 nitrogen and oxygen atoms in total. The highest BCUT2D eigenvalue weighted by molar-refractivity contribution is 6.06. The number of rotatable bonds is 4. The first-order valence-corrected chi connectivity index (χ1v) is 15.9. The molecule has 0 N–H and O–H groups in total. The van der Waals surface area contributed by atoms with Crippen molar-refractivity contribution in [3.8, 4) is 22.6 Å². The van der Waals surface area contributed by atoms with Crippen LogP contribution < -0.4 is 14.5 Å². The minimum atomic E-state index is -0.226. The van der Waals surface area contributed by atoms with E-state index in [-0.39, 0.29) is 5.41 Å². The highest BCUT2D eigenvalue weighted by atomic mass is 16.5. The van der Waals surface area contributed by atoms with Gasteiger partial charge in [0.25, 0.3) is 0 Å². The Balaban J connectivity index is 1.20. The first-order valence-electron chi connectivity index (χ1n) is 15.9. The molecule has 0 bridgehead atoms. The van der Waals surface area contributed by atoms with Gasteiger partial charge in [0.05, 0.1) is 17.1 Å². The van der Waals surface area contributed by atoms with Crippen molar-refractivity contribution >= 4 is 44.9 Å². The Morgan fingerprint density at radius 1 is 0.500 bits per heavy atom. The molecular formula is C43H32N2O.